The highest BCUT2D eigenvalue weighted by atomic mass is 15.1. The van der Waals surface area contributed by atoms with Crippen LogP contribution in [0.4, 0.5) is 5.82 Å². The van der Waals surface area contributed by atoms with Gasteiger partial charge < -0.3 is 9.88 Å². The number of fused-ring (bicyclic) bond motifs is 1. The summed E-state index contributed by atoms with van der Waals surface area (Å²) in [7, 11) is 0. The van der Waals surface area contributed by atoms with Crippen LogP contribution in [0, 0.1) is 13.8 Å². The van der Waals surface area contributed by atoms with E-state index in [4.69, 9.17) is 0 Å². The smallest absolute Gasteiger partial charge is 0.146 e. The molecule has 0 spiro atoms. The van der Waals surface area contributed by atoms with Crippen LogP contribution in [-0.4, -0.2) is 14.5 Å². The monoisotopic (exact) mass is 370 g/mol. The molecule has 2 aromatic heterocycles. The molecule has 0 fully saturated rings. The Bertz CT molecular complexity index is 1080. The first-order chi connectivity index (χ1) is 13.6. The quantitative estimate of drug-likeness (QED) is 0.480. The molecular formula is C24H26N4. The van der Waals surface area contributed by atoms with Gasteiger partial charge in [-0.05, 0) is 44.4 Å². The molecule has 0 radical (unpaired) electrons. The van der Waals surface area contributed by atoms with Crippen LogP contribution >= 0.6 is 0 Å². The van der Waals surface area contributed by atoms with Gasteiger partial charge in [-0.2, -0.15) is 0 Å². The number of aromatic nitrogens is 3. The zero-order chi connectivity index (χ0) is 19.7. The number of nitrogens with zero attached hydrogens (tertiary/aromatic N) is 3. The highest BCUT2D eigenvalue weighted by molar-refractivity contribution is 5.92. The maximum Gasteiger partial charge on any atom is 0.146 e. The second kappa shape index (κ2) is 7.47. The number of nitrogens with one attached hydrogen (secondary N) is 1. The van der Waals surface area contributed by atoms with Crippen molar-refractivity contribution in [3.63, 3.8) is 0 Å². The Morgan fingerprint density at radius 2 is 1.43 bits per heavy atom. The minimum atomic E-state index is 0.161. The summed E-state index contributed by atoms with van der Waals surface area (Å²) in [5.41, 5.74) is 5.93. The van der Waals surface area contributed by atoms with Crippen molar-refractivity contribution in [2.75, 3.05) is 5.32 Å². The van der Waals surface area contributed by atoms with Crippen molar-refractivity contribution in [2.24, 2.45) is 0 Å². The summed E-state index contributed by atoms with van der Waals surface area (Å²) < 4.78 is 2.32. The van der Waals surface area contributed by atoms with Crippen LogP contribution in [-0.2, 0) is 0 Å². The predicted molar refractivity (Wildman–Crippen MR) is 116 cm³/mol. The van der Waals surface area contributed by atoms with Crippen LogP contribution in [0.5, 0.6) is 0 Å². The van der Waals surface area contributed by atoms with Gasteiger partial charge in [-0.25, -0.2) is 9.97 Å². The van der Waals surface area contributed by atoms with E-state index < -0.39 is 0 Å². The van der Waals surface area contributed by atoms with Gasteiger partial charge in [-0.1, -0.05) is 60.7 Å². The Morgan fingerprint density at radius 1 is 0.821 bits per heavy atom. The van der Waals surface area contributed by atoms with E-state index in [0.717, 1.165) is 16.9 Å². The number of anilines is 1. The molecular weight excluding hydrogens is 344 g/mol. The predicted octanol–water partition coefficient (Wildman–Crippen LogP) is 5.83. The van der Waals surface area contributed by atoms with Crippen molar-refractivity contribution in [3.05, 3.63) is 89.4 Å². The standard InChI is InChI=1S/C24H26N4/c1-16-18(3)28(19(4)21-13-9-6-10-14-21)24-22(16)23(25-15-26-24)27-17(2)20-11-7-5-8-12-20/h5-15,17,19H,1-4H3,(H,25,26,27)/t17-,19-/m1/s1. The lowest BCUT2D eigenvalue weighted by atomic mass is 10.1. The first-order valence-electron chi connectivity index (χ1n) is 9.76. The summed E-state index contributed by atoms with van der Waals surface area (Å²) in [6.45, 7) is 8.71. The Kier molecular flexibility index (Phi) is 4.86. The zero-order valence-corrected chi connectivity index (χ0v) is 16.8. The Labute approximate surface area is 166 Å². The summed E-state index contributed by atoms with van der Waals surface area (Å²) in [6.07, 6.45) is 1.66. The summed E-state index contributed by atoms with van der Waals surface area (Å²) >= 11 is 0. The minimum absolute atomic E-state index is 0.161. The first-order valence-corrected chi connectivity index (χ1v) is 9.76. The molecule has 4 aromatic rings. The molecule has 1 N–H and O–H groups in total. The summed E-state index contributed by atoms with van der Waals surface area (Å²) in [5.74, 6) is 0.890. The van der Waals surface area contributed by atoms with E-state index in [-0.39, 0.29) is 12.1 Å². The molecule has 28 heavy (non-hydrogen) atoms. The van der Waals surface area contributed by atoms with Gasteiger partial charge in [0.2, 0.25) is 0 Å². The second-order valence-corrected chi connectivity index (χ2v) is 7.36. The lowest BCUT2D eigenvalue weighted by molar-refractivity contribution is 0.639. The summed E-state index contributed by atoms with van der Waals surface area (Å²) in [4.78, 5) is 9.25. The molecule has 2 heterocycles. The van der Waals surface area contributed by atoms with E-state index >= 15 is 0 Å². The van der Waals surface area contributed by atoms with Crippen molar-refractivity contribution in [3.8, 4) is 0 Å². The molecule has 4 rings (SSSR count). The molecule has 0 amide bonds. The maximum absolute atomic E-state index is 4.66. The number of rotatable bonds is 5. The molecule has 4 heteroatoms. The van der Waals surface area contributed by atoms with Crippen molar-refractivity contribution in [2.45, 2.75) is 39.8 Å². The van der Waals surface area contributed by atoms with Crippen LogP contribution in [0.25, 0.3) is 11.0 Å². The summed E-state index contributed by atoms with van der Waals surface area (Å²) in [5, 5.41) is 4.70. The van der Waals surface area contributed by atoms with Gasteiger partial charge in [0.25, 0.3) is 0 Å². The molecule has 0 saturated heterocycles. The van der Waals surface area contributed by atoms with Crippen LogP contribution in [0.1, 0.15) is 48.3 Å². The molecule has 0 unspecified atom stereocenters. The van der Waals surface area contributed by atoms with E-state index in [0.29, 0.717) is 0 Å². The normalized spacial score (nSPS) is 13.4. The molecule has 0 bridgehead atoms. The van der Waals surface area contributed by atoms with Crippen LogP contribution in [0.2, 0.25) is 0 Å². The fourth-order valence-electron chi connectivity index (χ4n) is 3.92. The molecule has 4 nitrogen and oxygen atoms in total. The van der Waals surface area contributed by atoms with Crippen LogP contribution in [0.15, 0.2) is 67.0 Å². The van der Waals surface area contributed by atoms with E-state index in [1.807, 2.05) is 6.07 Å². The van der Waals surface area contributed by atoms with Crippen molar-refractivity contribution in [1.82, 2.24) is 14.5 Å². The third-order valence-corrected chi connectivity index (χ3v) is 5.66. The zero-order valence-electron chi connectivity index (χ0n) is 16.8. The molecule has 142 valence electrons. The average Bonchev–Trinajstić information content (AvgIpc) is 3.00. The molecule has 2 aromatic carbocycles. The lowest BCUT2D eigenvalue weighted by Gasteiger charge is -2.18. The van der Waals surface area contributed by atoms with Gasteiger partial charge in [-0.15, -0.1) is 0 Å². The van der Waals surface area contributed by atoms with Crippen LogP contribution in [0.3, 0.4) is 0 Å². The highest BCUT2D eigenvalue weighted by Crippen LogP contribution is 2.34. The third kappa shape index (κ3) is 3.15. The first kappa shape index (κ1) is 18.2. The minimum Gasteiger partial charge on any atom is -0.363 e. The Morgan fingerprint density at radius 3 is 2.07 bits per heavy atom. The number of aryl methyl sites for hydroxylation is 1. The molecule has 0 saturated carbocycles. The summed E-state index contributed by atoms with van der Waals surface area (Å²) in [6, 6.07) is 21.4. The van der Waals surface area contributed by atoms with Gasteiger partial charge in [-0.3, -0.25) is 0 Å². The van der Waals surface area contributed by atoms with E-state index in [1.165, 1.54) is 22.4 Å². The molecule has 2 atom stereocenters. The largest absolute Gasteiger partial charge is 0.363 e. The van der Waals surface area contributed by atoms with E-state index in [1.54, 1.807) is 6.33 Å². The van der Waals surface area contributed by atoms with E-state index in [2.05, 4.69) is 102 Å². The lowest BCUT2D eigenvalue weighted by Crippen LogP contribution is -2.10. The average molecular weight is 371 g/mol. The van der Waals surface area contributed by atoms with Gasteiger partial charge in [0.1, 0.15) is 17.8 Å². The van der Waals surface area contributed by atoms with Crippen molar-refractivity contribution >= 4 is 16.9 Å². The Balaban J connectivity index is 1.79. The third-order valence-electron chi connectivity index (χ3n) is 5.66. The van der Waals surface area contributed by atoms with E-state index in [9.17, 15) is 0 Å². The maximum atomic E-state index is 4.66. The Hall–Kier alpha value is -3.14. The topological polar surface area (TPSA) is 42.7 Å². The fourth-order valence-corrected chi connectivity index (χ4v) is 3.92. The van der Waals surface area contributed by atoms with Crippen molar-refractivity contribution in [1.29, 1.82) is 0 Å². The molecule has 0 aliphatic rings. The second-order valence-electron chi connectivity index (χ2n) is 7.36. The highest BCUT2D eigenvalue weighted by Gasteiger charge is 2.21. The van der Waals surface area contributed by atoms with Gasteiger partial charge in [0.15, 0.2) is 0 Å². The SMILES string of the molecule is Cc1c(C)n([C@H](C)c2ccccc2)c2ncnc(N[C@H](C)c3ccccc3)c12. The molecule has 0 aliphatic heterocycles. The van der Waals surface area contributed by atoms with Crippen molar-refractivity contribution < 1.29 is 0 Å². The number of benzene rings is 2. The number of hydrogen-bond donors (Lipinski definition) is 1. The van der Waals surface area contributed by atoms with Crippen LogP contribution < -0.4 is 5.32 Å². The number of hydrogen-bond acceptors (Lipinski definition) is 3. The molecule has 0 aliphatic carbocycles. The van der Waals surface area contributed by atoms with Gasteiger partial charge in [0, 0.05) is 11.7 Å². The van der Waals surface area contributed by atoms with Gasteiger partial charge in [0.05, 0.1) is 11.4 Å². The fraction of sp³-hybridized carbons (Fsp3) is 0.250. The van der Waals surface area contributed by atoms with Gasteiger partial charge >= 0.3 is 0 Å².